The van der Waals surface area contributed by atoms with Crippen molar-refractivity contribution in [2.75, 3.05) is 6.54 Å². The summed E-state index contributed by atoms with van der Waals surface area (Å²) in [6.45, 7) is 3.18. The van der Waals surface area contributed by atoms with Gasteiger partial charge in [0.2, 0.25) is 5.76 Å². The molecule has 86 valence electrons. The highest BCUT2D eigenvalue weighted by Gasteiger charge is 2.12. The van der Waals surface area contributed by atoms with Crippen LogP contribution in [0.15, 0.2) is 10.5 Å². The van der Waals surface area contributed by atoms with E-state index in [2.05, 4.69) is 11.2 Å². The first-order chi connectivity index (χ1) is 7.65. The Balaban J connectivity index is 2.42. The second-order valence-electron chi connectivity index (χ2n) is 3.48. The summed E-state index contributed by atoms with van der Waals surface area (Å²) >= 11 is 0. The predicted molar refractivity (Wildman–Crippen MR) is 60.2 cm³/mol. The summed E-state index contributed by atoms with van der Waals surface area (Å²) in [5.74, 6) is 2.15. The number of hydrogen-bond acceptors (Lipinski definition) is 3. The summed E-state index contributed by atoms with van der Waals surface area (Å²) in [5, 5.41) is 11.9. The lowest BCUT2D eigenvalue weighted by Gasteiger charge is -2.01. The van der Waals surface area contributed by atoms with Crippen molar-refractivity contribution in [3.63, 3.8) is 0 Å². The minimum atomic E-state index is -1.04. The topological polar surface area (TPSA) is 62.5 Å². The zero-order valence-corrected chi connectivity index (χ0v) is 9.25. The highest BCUT2D eigenvalue weighted by Crippen LogP contribution is 2.14. The number of aromatic carboxylic acids is 1. The first-order valence-electron chi connectivity index (χ1n) is 5.12. The molecule has 0 amide bonds. The van der Waals surface area contributed by atoms with E-state index in [1.807, 2.05) is 0 Å². The van der Waals surface area contributed by atoms with Crippen molar-refractivity contribution in [3.8, 4) is 12.3 Å². The Bertz CT molecular complexity index is 401. The second-order valence-corrected chi connectivity index (χ2v) is 3.48. The van der Waals surface area contributed by atoms with Gasteiger partial charge in [0.15, 0.2) is 0 Å². The molecule has 1 aromatic rings. The summed E-state index contributed by atoms with van der Waals surface area (Å²) in [7, 11) is 0. The Morgan fingerprint density at radius 2 is 2.44 bits per heavy atom. The monoisotopic (exact) mass is 221 g/mol. The fraction of sp³-hybridized carbons (Fsp3) is 0.417. The van der Waals surface area contributed by atoms with Gasteiger partial charge in [-0.2, -0.15) is 0 Å². The molecule has 0 unspecified atom stereocenters. The van der Waals surface area contributed by atoms with Crippen LogP contribution in [0, 0.1) is 19.3 Å². The molecule has 4 heteroatoms. The maximum atomic E-state index is 10.6. The summed E-state index contributed by atoms with van der Waals surface area (Å²) in [6, 6.07) is 1.55. The lowest BCUT2D eigenvalue weighted by atomic mass is 10.2. The van der Waals surface area contributed by atoms with E-state index < -0.39 is 5.97 Å². The average molecular weight is 221 g/mol. The quantitative estimate of drug-likeness (QED) is 0.568. The third kappa shape index (κ3) is 3.44. The average Bonchev–Trinajstić information content (AvgIpc) is 2.60. The largest absolute Gasteiger partial charge is 0.475 e. The normalized spacial score (nSPS) is 10.0. The van der Waals surface area contributed by atoms with Gasteiger partial charge < -0.3 is 14.8 Å². The number of carboxylic acid groups (broad SMARTS) is 1. The van der Waals surface area contributed by atoms with Crippen molar-refractivity contribution in [2.24, 2.45) is 0 Å². The lowest BCUT2D eigenvalue weighted by molar-refractivity contribution is 0.0661. The molecule has 0 saturated carbocycles. The first-order valence-corrected chi connectivity index (χ1v) is 5.12. The number of carboxylic acids is 1. The van der Waals surface area contributed by atoms with Crippen LogP contribution in [0.25, 0.3) is 0 Å². The van der Waals surface area contributed by atoms with Crippen molar-refractivity contribution >= 4 is 5.97 Å². The van der Waals surface area contributed by atoms with Gasteiger partial charge in [-0.25, -0.2) is 4.79 Å². The highest BCUT2D eigenvalue weighted by molar-refractivity contribution is 5.84. The summed E-state index contributed by atoms with van der Waals surface area (Å²) in [6.07, 6.45) is 6.79. The Labute approximate surface area is 94.7 Å². The van der Waals surface area contributed by atoms with Crippen molar-refractivity contribution in [1.82, 2.24) is 5.32 Å². The van der Waals surface area contributed by atoms with Crippen LogP contribution in [-0.2, 0) is 6.54 Å². The predicted octanol–water partition coefficient (Wildman–Crippen LogP) is 1.79. The smallest absolute Gasteiger partial charge is 0.371 e. The van der Waals surface area contributed by atoms with E-state index in [0.717, 1.165) is 24.9 Å². The van der Waals surface area contributed by atoms with E-state index in [9.17, 15) is 4.79 Å². The van der Waals surface area contributed by atoms with Crippen LogP contribution in [0.5, 0.6) is 0 Å². The number of rotatable bonds is 6. The van der Waals surface area contributed by atoms with Gasteiger partial charge in [0, 0.05) is 18.5 Å². The van der Waals surface area contributed by atoms with Crippen molar-refractivity contribution in [1.29, 1.82) is 0 Å². The SMILES string of the molecule is C#CCCCNCc1cc(C(=O)O)oc1C. The number of hydrogen-bond donors (Lipinski definition) is 2. The van der Waals surface area contributed by atoms with E-state index in [-0.39, 0.29) is 5.76 Å². The Morgan fingerprint density at radius 1 is 1.69 bits per heavy atom. The summed E-state index contributed by atoms with van der Waals surface area (Å²) < 4.78 is 5.08. The maximum Gasteiger partial charge on any atom is 0.371 e. The molecular weight excluding hydrogens is 206 g/mol. The van der Waals surface area contributed by atoms with Crippen LogP contribution in [0.4, 0.5) is 0 Å². The zero-order chi connectivity index (χ0) is 12.0. The lowest BCUT2D eigenvalue weighted by Crippen LogP contribution is -2.14. The standard InChI is InChI=1S/C12H15NO3/c1-3-4-5-6-13-8-10-7-11(12(14)15)16-9(10)2/h1,7,13H,4-6,8H2,2H3,(H,14,15). The van der Waals surface area contributed by atoms with Crippen LogP contribution in [0.3, 0.4) is 0 Å². The van der Waals surface area contributed by atoms with E-state index in [1.165, 1.54) is 0 Å². The molecular formula is C12H15NO3. The van der Waals surface area contributed by atoms with Gasteiger partial charge in [-0.3, -0.25) is 0 Å². The molecule has 0 aromatic carbocycles. The molecule has 0 bridgehead atoms. The molecule has 2 N–H and O–H groups in total. The molecule has 0 fully saturated rings. The van der Waals surface area contributed by atoms with Gasteiger partial charge >= 0.3 is 5.97 Å². The van der Waals surface area contributed by atoms with Crippen LogP contribution in [0.1, 0.15) is 34.7 Å². The molecule has 0 saturated heterocycles. The molecule has 1 rings (SSSR count). The third-order valence-electron chi connectivity index (χ3n) is 2.22. The van der Waals surface area contributed by atoms with Gasteiger partial charge in [-0.05, 0) is 26.0 Å². The molecule has 1 aromatic heterocycles. The molecule has 0 aliphatic heterocycles. The molecule has 0 radical (unpaired) electrons. The van der Waals surface area contributed by atoms with Crippen molar-refractivity contribution < 1.29 is 14.3 Å². The third-order valence-corrected chi connectivity index (χ3v) is 2.22. The van der Waals surface area contributed by atoms with Gasteiger partial charge in [0.25, 0.3) is 0 Å². The molecule has 16 heavy (non-hydrogen) atoms. The molecule has 0 spiro atoms. The zero-order valence-electron chi connectivity index (χ0n) is 9.25. The van der Waals surface area contributed by atoms with Crippen LogP contribution < -0.4 is 5.32 Å². The summed E-state index contributed by atoms with van der Waals surface area (Å²) in [4.78, 5) is 10.6. The van der Waals surface area contributed by atoms with Gasteiger partial charge in [-0.15, -0.1) is 12.3 Å². The van der Waals surface area contributed by atoms with E-state index in [0.29, 0.717) is 12.3 Å². The van der Waals surface area contributed by atoms with Gasteiger partial charge in [-0.1, -0.05) is 0 Å². The first kappa shape index (κ1) is 12.3. The number of furan rings is 1. The van der Waals surface area contributed by atoms with Gasteiger partial charge in [0.1, 0.15) is 5.76 Å². The minimum absolute atomic E-state index is 0.0158. The van der Waals surface area contributed by atoms with E-state index >= 15 is 0 Å². The Hall–Kier alpha value is -1.73. The second kappa shape index (κ2) is 5.99. The molecule has 0 aliphatic rings. The van der Waals surface area contributed by atoms with Gasteiger partial charge in [0.05, 0.1) is 0 Å². The number of carbonyl (C=O) groups is 1. The molecule has 1 heterocycles. The maximum absolute atomic E-state index is 10.6. The fourth-order valence-electron chi connectivity index (χ4n) is 1.34. The van der Waals surface area contributed by atoms with Crippen molar-refractivity contribution in [3.05, 3.63) is 23.2 Å². The molecule has 0 aliphatic carbocycles. The van der Waals surface area contributed by atoms with Crippen LogP contribution in [-0.4, -0.2) is 17.6 Å². The summed E-state index contributed by atoms with van der Waals surface area (Å²) in [5.41, 5.74) is 0.873. The Morgan fingerprint density at radius 3 is 3.00 bits per heavy atom. The number of unbranched alkanes of at least 4 members (excludes halogenated alkanes) is 1. The fourth-order valence-corrected chi connectivity index (χ4v) is 1.34. The van der Waals surface area contributed by atoms with Crippen LogP contribution >= 0.6 is 0 Å². The molecule has 0 atom stereocenters. The number of terminal acetylenes is 1. The van der Waals surface area contributed by atoms with E-state index in [1.54, 1.807) is 13.0 Å². The Kier molecular flexibility index (Phi) is 4.62. The minimum Gasteiger partial charge on any atom is -0.475 e. The van der Waals surface area contributed by atoms with Crippen molar-refractivity contribution in [2.45, 2.75) is 26.3 Å². The number of nitrogens with one attached hydrogen (secondary N) is 1. The van der Waals surface area contributed by atoms with Crippen LogP contribution in [0.2, 0.25) is 0 Å². The number of aryl methyl sites for hydroxylation is 1. The van der Waals surface area contributed by atoms with E-state index in [4.69, 9.17) is 15.9 Å². The molecule has 4 nitrogen and oxygen atoms in total. The highest BCUT2D eigenvalue weighted by atomic mass is 16.4.